The van der Waals surface area contributed by atoms with Gasteiger partial charge in [-0.2, -0.15) is 14.6 Å². The van der Waals surface area contributed by atoms with Gasteiger partial charge in [0.15, 0.2) is 11.9 Å². The molecule has 2 saturated heterocycles. The van der Waals surface area contributed by atoms with Gasteiger partial charge < -0.3 is 30.7 Å². The molecule has 5 aromatic rings. The molecule has 4 heterocycles. The molecular weight excluding hydrogens is 508 g/mol. The number of fused-ring (bicyclic) bond motifs is 2. The Kier molecular flexibility index (Phi) is 5.46. The number of nitrogen functional groups attached to an aromatic ring is 2. The van der Waals surface area contributed by atoms with Crippen LogP contribution in [0.25, 0.3) is 39.0 Å². The van der Waals surface area contributed by atoms with E-state index in [-0.39, 0.29) is 52.8 Å². The van der Waals surface area contributed by atoms with Gasteiger partial charge >= 0.3 is 0 Å². The van der Waals surface area contributed by atoms with Gasteiger partial charge in [-0.1, -0.05) is 36.4 Å². The Morgan fingerprint density at radius 3 is 2.38 bits per heavy atom. The molecule has 12 heteroatoms. The van der Waals surface area contributed by atoms with E-state index in [1.165, 1.54) is 10.7 Å². The third-order valence-electron chi connectivity index (χ3n) is 7.10. The number of nitrogens with two attached hydrogens (primary N) is 2. The minimum Gasteiger partial charge on any atom is -0.456 e. The van der Waals surface area contributed by atoms with Crippen LogP contribution >= 0.6 is 0 Å². The smallest absolute Gasteiger partial charge is 0.295 e. The molecule has 2 aromatic heterocycles. The SMILES string of the molecule is Nc1nc(N)n(-c2ccc(-c3ccc(-c4c(F)cc5[nH]c(OC6COC7CCOC76)nc5c4F)cc3)cc2)n1. The molecule has 3 unspecified atom stereocenters. The van der Waals surface area contributed by atoms with E-state index in [2.05, 4.69) is 20.1 Å². The Morgan fingerprint density at radius 2 is 1.67 bits per heavy atom. The first kappa shape index (κ1) is 23.6. The van der Waals surface area contributed by atoms with Crippen LogP contribution in [-0.2, 0) is 9.47 Å². The second-order valence-electron chi connectivity index (χ2n) is 9.50. The van der Waals surface area contributed by atoms with Crippen molar-refractivity contribution in [3.8, 4) is 34.0 Å². The summed E-state index contributed by atoms with van der Waals surface area (Å²) in [6.07, 6.45) is 0.252. The second-order valence-corrected chi connectivity index (χ2v) is 9.50. The Hall–Kier alpha value is -4.55. The van der Waals surface area contributed by atoms with Gasteiger partial charge in [-0.05, 0) is 35.2 Å². The largest absolute Gasteiger partial charge is 0.456 e. The fraction of sp³-hybridized carbons (Fsp3) is 0.222. The van der Waals surface area contributed by atoms with E-state index in [0.717, 1.165) is 17.5 Å². The van der Waals surface area contributed by atoms with Crippen LogP contribution in [0.4, 0.5) is 20.7 Å². The van der Waals surface area contributed by atoms with Crippen molar-refractivity contribution in [2.24, 2.45) is 0 Å². The number of halogens is 2. The Morgan fingerprint density at radius 1 is 0.949 bits per heavy atom. The van der Waals surface area contributed by atoms with Crippen LogP contribution in [0, 0.1) is 11.6 Å². The zero-order valence-corrected chi connectivity index (χ0v) is 20.5. The molecule has 3 atom stereocenters. The number of rotatable bonds is 5. The van der Waals surface area contributed by atoms with Gasteiger partial charge in [-0.15, -0.1) is 5.10 Å². The van der Waals surface area contributed by atoms with Gasteiger partial charge in [0.05, 0.1) is 29.5 Å². The Bertz CT molecular complexity index is 1680. The number of nitrogens with one attached hydrogen (secondary N) is 1. The van der Waals surface area contributed by atoms with Crippen molar-refractivity contribution in [2.45, 2.75) is 24.7 Å². The highest BCUT2D eigenvalue weighted by Crippen LogP contribution is 2.35. The fourth-order valence-electron chi connectivity index (χ4n) is 5.21. The summed E-state index contributed by atoms with van der Waals surface area (Å²) in [6, 6.07) is 15.7. The summed E-state index contributed by atoms with van der Waals surface area (Å²) in [5.74, 6) is -1.20. The molecule has 0 saturated carbocycles. The lowest BCUT2D eigenvalue weighted by Crippen LogP contribution is -2.32. The van der Waals surface area contributed by atoms with Gasteiger partial charge in [0.25, 0.3) is 6.01 Å². The van der Waals surface area contributed by atoms with Crippen LogP contribution in [0.2, 0.25) is 0 Å². The van der Waals surface area contributed by atoms with E-state index in [1.54, 1.807) is 24.3 Å². The summed E-state index contributed by atoms with van der Waals surface area (Å²) in [7, 11) is 0. The highest BCUT2D eigenvalue weighted by Gasteiger charge is 2.43. The monoisotopic (exact) mass is 531 g/mol. The van der Waals surface area contributed by atoms with Crippen molar-refractivity contribution in [1.82, 2.24) is 24.7 Å². The van der Waals surface area contributed by atoms with E-state index in [9.17, 15) is 0 Å². The molecule has 0 aliphatic carbocycles. The molecule has 2 fully saturated rings. The molecule has 3 aromatic carbocycles. The summed E-state index contributed by atoms with van der Waals surface area (Å²) in [5.41, 5.74) is 14.3. The van der Waals surface area contributed by atoms with Crippen molar-refractivity contribution in [1.29, 1.82) is 0 Å². The molecule has 39 heavy (non-hydrogen) atoms. The molecule has 0 bridgehead atoms. The van der Waals surface area contributed by atoms with E-state index < -0.39 is 11.6 Å². The maximum atomic E-state index is 15.6. The predicted molar refractivity (Wildman–Crippen MR) is 139 cm³/mol. The van der Waals surface area contributed by atoms with Gasteiger partial charge in [0, 0.05) is 12.7 Å². The van der Waals surface area contributed by atoms with Crippen LogP contribution in [0.5, 0.6) is 6.01 Å². The maximum Gasteiger partial charge on any atom is 0.295 e. The van der Waals surface area contributed by atoms with Crippen molar-refractivity contribution in [3.63, 3.8) is 0 Å². The zero-order valence-electron chi connectivity index (χ0n) is 20.5. The summed E-state index contributed by atoms with van der Waals surface area (Å²) in [6.45, 7) is 0.961. The average molecular weight is 532 g/mol. The van der Waals surface area contributed by atoms with Gasteiger partial charge in [0.1, 0.15) is 17.4 Å². The lowest BCUT2D eigenvalue weighted by molar-refractivity contribution is 0.0273. The van der Waals surface area contributed by atoms with Crippen molar-refractivity contribution in [2.75, 3.05) is 24.7 Å². The number of imidazole rings is 1. The average Bonchev–Trinajstić information content (AvgIpc) is 3.70. The van der Waals surface area contributed by atoms with Crippen LogP contribution in [0.15, 0.2) is 54.6 Å². The van der Waals surface area contributed by atoms with Crippen LogP contribution in [0.3, 0.4) is 0 Å². The molecule has 198 valence electrons. The third kappa shape index (κ3) is 4.04. The minimum absolute atomic E-state index is 0.00288. The number of hydrogen-bond acceptors (Lipinski definition) is 8. The van der Waals surface area contributed by atoms with Crippen molar-refractivity contribution >= 4 is 22.9 Å². The third-order valence-corrected chi connectivity index (χ3v) is 7.10. The number of nitrogens with zero attached hydrogens (tertiary/aromatic N) is 4. The van der Waals surface area contributed by atoms with Gasteiger partial charge in [0.2, 0.25) is 11.9 Å². The molecule has 2 aliphatic rings. The zero-order chi connectivity index (χ0) is 26.7. The number of anilines is 2. The first-order chi connectivity index (χ1) is 18.9. The number of benzene rings is 3. The highest BCUT2D eigenvalue weighted by molar-refractivity contribution is 5.84. The molecule has 0 spiro atoms. The Labute approximate surface area is 220 Å². The van der Waals surface area contributed by atoms with E-state index in [1.807, 2.05) is 24.3 Å². The first-order valence-corrected chi connectivity index (χ1v) is 12.4. The van der Waals surface area contributed by atoms with Crippen molar-refractivity contribution < 1.29 is 23.0 Å². The van der Waals surface area contributed by atoms with Crippen molar-refractivity contribution in [3.05, 3.63) is 66.2 Å². The number of H-pyrrole nitrogens is 1. The van der Waals surface area contributed by atoms with Crippen LogP contribution in [0.1, 0.15) is 6.42 Å². The molecule has 0 radical (unpaired) electrons. The number of hydrogen-bond donors (Lipinski definition) is 3. The molecule has 5 N–H and O–H groups in total. The van der Waals surface area contributed by atoms with Gasteiger partial charge in [-0.25, -0.2) is 8.78 Å². The minimum atomic E-state index is -0.768. The first-order valence-electron chi connectivity index (χ1n) is 12.4. The Balaban J connectivity index is 1.14. The lowest BCUT2D eigenvalue weighted by atomic mass is 9.99. The molecular formula is C27H23F2N7O3. The number of aromatic nitrogens is 5. The summed E-state index contributed by atoms with van der Waals surface area (Å²) in [4.78, 5) is 11.0. The normalized spacial score (nSPS) is 20.5. The summed E-state index contributed by atoms with van der Waals surface area (Å²) >= 11 is 0. The van der Waals surface area contributed by atoms with Crippen LogP contribution in [-0.4, -0.2) is 56.3 Å². The standard InChI is InChI=1S/C27H23F2N7O3/c28-17-11-18-23(33-27(32-18)39-20-12-38-19-9-10-37-24(19)20)22(29)21(17)15-3-1-13(2-4-15)14-5-7-16(8-6-14)36-26(31)34-25(30)35-36/h1-8,11,19-20,24H,9-10,12H2,(H,32,33)(H4,30,31,34,35). The number of aromatic amines is 1. The molecule has 0 amide bonds. The molecule has 7 rings (SSSR count). The topological polar surface area (TPSA) is 139 Å². The lowest BCUT2D eigenvalue weighted by Gasteiger charge is -2.15. The molecule has 2 aliphatic heterocycles. The van der Waals surface area contributed by atoms with E-state index in [0.29, 0.717) is 24.5 Å². The fourth-order valence-corrected chi connectivity index (χ4v) is 5.21. The van der Waals surface area contributed by atoms with E-state index >= 15 is 8.78 Å². The number of ether oxygens (including phenoxy) is 3. The van der Waals surface area contributed by atoms with Crippen LogP contribution < -0.4 is 16.2 Å². The quantitative estimate of drug-likeness (QED) is 0.311. The summed E-state index contributed by atoms with van der Waals surface area (Å²) < 4.78 is 49.4. The summed E-state index contributed by atoms with van der Waals surface area (Å²) in [5, 5.41) is 4.07. The van der Waals surface area contributed by atoms with Gasteiger partial charge in [-0.3, -0.25) is 0 Å². The predicted octanol–water partition coefficient (Wildman–Crippen LogP) is 3.86. The molecule has 10 nitrogen and oxygen atoms in total. The second kappa shape index (κ2) is 9.03. The maximum absolute atomic E-state index is 15.6. The highest BCUT2D eigenvalue weighted by atomic mass is 19.1. The van der Waals surface area contributed by atoms with E-state index in [4.69, 9.17) is 25.7 Å².